The summed E-state index contributed by atoms with van der Waals surface area (Å²) in [7, 11) is 7.04. The summed E-state index contributed by atoms with van der Waals surface area (Å²) in [4.78, 5) is 37.0. The Bertz CT molecular complexity index is 1870. The average Bonchev–Trinajstić information content (AvgIpc) is 3.63. The molecule has 0 aliphatic carbocycles. The van der Waals surface area contributed by atoms with E-state index in [1.165, 1.54) is 44.6 Å². The van der Waals surface area contributed by atoms with E-state index < -0.39 is 47.0 Å². The van der Waals surface area contributed by atoms with Crippen molar-refractivity contribution in [2.45, 2.75) is 18.1 Å². The van der Waals surface area contributed by atoms with E-state index in [0.29, 0.717) is 28.8 Å². The van der Waals surface area contributed by atoms with Crippen molar-refractivity contribution < 1.29 is 46.8 Å². The normalized spacial score (nSPS) is 15.3. The number of aromatic hydroxyl groups is 1. The van der Waals surface area contributed by atoms with Gasteiger partial charge >= 0.3 is 12.1 Å². The van der Waals surface area contributed by atoms with E-state index in [2.05, 4.69) is 9.97 Å². The molecule has 0 spiro atoms. The monoisotopic (exact) mass is 698 g/mol. The number of benzene rings is 2. The Morgan fingerprint density at radius 1 is 1.13 bits per heavy atom. The Hall–Kier alpha value is -4.14. The number of esters is 1. The highest BCUT2D eigenvalue weighted by Crippen LogP contribution is 2.51. The molecule has 2 aromatic carbocycles. The number of anilines is 1. The molecule has 0 saturated carbocycles. The number of pyridine rings is 1. The van der Waals surface area contributed by atoms with Crippen LogP contribution < -0.4 is 19.1 Å². The van der Waals surface area contributed by atoms with Crippen LogP contribution in [0.3, 0.4) is 0 Å². The number of carbonyl (C=O) groups excluding carboxylic acids is 2. The first-order chi connectivity index (χ1) is 22.4. The van der Waals surface area contributed by atoms with Crippen molar-refractivity contribution in [3.63, 3.8) is 0 Å². The molecule has 0 radical (unpaired) electrons. The first kappa shape index (κ1) is 34.2. The van der Waals surface area contributed by atoms with E-state index in [4.69, 9.17) is 42.1 Å². The van der Waals surface area contributed by atoms with E-state index in [1.807, 2.05) is 4.90 Å². The number of aromatic nitrogens is 2. The number of rotatable bonds is 10. The number of H-pyrrole nitrogens is 1. The van der Waals surface area contributed by atoms with Gasteiger partial charge in [0.1, 0.15) is 17.1 Å². The van der Waals surface area contributed by atoms with Gasteiger partial charge in [0.15, 0.2) is 11.5 Å². The molecule has 5 rings (SSSR count). The number of halogens is 5. The lowest BCUT2D eigenvalue weighted by atomic mass is 9.89. The molecule has 0 fully saturated rings. The van der Waals surface area contributed by atoms with Gasteiger partial charge in [-0.15, -0.1) is 23.2 Å². The van der Waals surface area contributed by atoms with Crippen molar-refractivity contribution in [1.29, 1.82) is 0 Å². The van der Waals surface area contributed by atoms with Crippen LogP contribution in [0.1, 0.15) is 38.0 Å². The molecule has 0 saturated heterocycles. The standard InChI is InChI=1S/C31H31Cl2F3N4O7/c1-39(7-6-32)19(11-33)16-13-40(29(42)17-9-15-14(12-37-17)8-21(44-2)27(46-4)26(15)45-3)18-10-20(41)25-23(22(16)18)24(30(43)47-5)28(38-25)31(34,35)36/h8-10,12,16,19,38,41H,6-7,11,13H2,1-5H3/t16-,19+/m0/s1. The number of phenols is 1. The summed E-state index contributed by atoms with van der Waals surface area (Å²) in [5, 5.41) is 11.9. The molecule has 4 aromatic rings. The van der Waals surface area contributed by atoms with Gasteiger partial charge in [0, 0.05) is 65.2 Å². The van der Waals surface area contributed by atoms with Gasteiger partial charge in [-0.05, 0) is 24.7 Å². The minimum absolute atomic E-state index is 0.000937. The van der Waals surface area contributed by atoms with Crippen molar-refractivity contribution >= 4 is 62.4 Å². The number of ether oxygens (including phenoxy) is 4. The maximum atomic E-state index is 14.3. The number of phenolic OH excluding ortho intramolecular Hbond substituents is 1. The Morgan fingerprint density at radius 3 is 2.40 bits per heavy atom. The molecule has 47 heavy (non-hydrogen) atoms. The molecule has 11 nitrogen and oxygen atoms in total. The van der Waals surface area contributed by atoms with E-state index >= 15 is 0 Å². The summed E-state index contributed by atoms with van der Waals surface area (Å²) in [5.41, 5.74) is -2.29. The maximum Gasteiger partial charge on any atom is 0.432 e. The number of amides is 1. The SMILES string of the molecule is COC(=O)c1c(C(F)(F)F)[nH]c2c(O)cc3c(c12)[C@H]([C@@H](CCl)N(C)CCCl)CN3C(=O)c1cc2c(OC)c(OC)c(OC)cc2cn1. The second-order valence-electron chi connectivity index (χ2n) is 10.8. The molecule has 1 aliphatic heterocycles. The van der Waals surface area contributed by atoms with Crippen molar-refractivity contribution in [2.24, 2.45) is 0 Å². The lowest BCUT2D eigenvalue weighted by Crippen LogP contribution is -2.42. The lowest BCUT2D eigenvalue weighted by molar-refractivity contribution is -0.141. The van der Waals surface area contributed by atoms with E-state index in [-0.39, 0.29) is 51.9 Å². The van der Waals surface area contributed by atoms with Crippen molar-refractivity contribution in [3.8, 4) is 23.0 Å². The average molecular weight is 700 g/mol. The zero-order valence-electron chi connectivity index (χ0n) is 25.9. The molecule has 252 valence electrons. The Balaban J connectivity index is 1.77. The highest BCUT2D eigenvalue weighted by molar-refractivity contribution is 6.19. The number of alkyl halides is 5. The minimum Gasteiger partial charge on any atom is -0.506 e. The van der Waals surface area contributed by atoms with Crippen LogP contribution in [0.25, 0.3) is 21.7 Å². The van der Waals surface area contributed by atoms with E-state index in [9.17, 15) is 27.9 Å². The second kappa shape index (κ2) is 13.2. The van der Waals surface area contributed by atoms with Crippen LogP contribution in [-0.2, 0) is 10.9 Å². The number of aromatic amines is 1. The van der Waals surface area contributed by atoms with Crippen LogP contribution in [0, 0.1) is 0 Å². The Morgan fingerprint density at radius 2 is 1.83 bits per heavy atom. The predicted molar refractivity (Wildman–Crippen MR) is 170 cm³/mol. The van der Waals surface area contributed by atoms with Gasteiger partial charge in [-0.2, -0.15) is 13.2 Å². The van der Waals surface area contributed by atoms with Crippen molar-refractivity contribution in [3.05, 3.63) is 46.9 Å². The predicted octanol–water partition coefficient (Wildman–Crippen LogP) is 5.77. The van der Waals surface area contributed by atoms with Crippen LogP contribution in [0.2, 0.25) is 0 Å². The number of methoxy groups -OCH3 is 4. The fourth-order valence-corrected chi connectivity index (χ4v) is 6.95. The second-order valence-corrected chi connectivity index (χ2v) is 11.5. The number of hydrogen-bond donors (Lipinski definition) is 2. The van der Waals surface area contributed by atoms with E-state index in [1.54, 1.807) is 13.1 Å². The molecule has 0 bridgehead atoms. The van der Waals surface area contributed by atoms with Crippen LogP contribution in [0.15, 0.2) is 24.4 Å². The largest absolute Gasteiger partial charge is 0.506 e. The summed E-state index contributed by atoms with van der Waals surface area (Å²) < 4.78 is 64.1. The first-order valence-electron chi connectivity index (χ1n) is 14.2. The van der Waals surface area contributed by atoms with Gasteiger partial charge in [0.2, 0.25) is 5.75 Å². The van der Waals surface area contributed by atoms with Gasteiger partial charge in [0.25, 0.3) is 5.91 Å². The molecule has 16 heteroatoms. The summed E-state index contributed by atoms with van der Waals surface area (Å²) in [6, 6.07) is 3.80. The zero-order chi connectivity index (χ0) is 34.4. The molecule has 3 heterocycles. The van der Waals surface area contributed by atoms with Crippen LogP contribution in [-0.4, -0.2) is 98.2 Å². The minimum atomic E-state index is -5.01. The number of carbonyl (C=O) groups is 2. The zero-order valence-corrected chi connectivity index (χ0v) is 27.4. The molecule has 1 aliphatic rings. The highest BCUT2D eigenvalue weighted by atomic mass is 35.5. The third kappa shape index (κ3) is 5.72. The van der Waals surface area contributed by atoms with Gasteiger partial charge in [-0.3, -0.25) is 9.78 Å². The van der Waals surface area contributed by atoms with Crippen molar-refractivity contribution in [1.82, 2.24) is 14.9 Å². The van der Waals surface area contributed by atoms with Crippen LogP contribution in [0.4, 0.5) is 18.9 Å². The number of nitrogens with one attached hydrogen (secondary N) is 1. The molecule has 2 aromatic heterocycles. The van der Waals surface area contributed by atoms with Gasteiger partial charge in [0.05, 0.1) is 45.2 Å². The smallest absolute Gasteiger partial charge is 0.432 e. The molecule has 2 atom stereocenters. The third-order valence-electron chi connectivity index (χ3n) is 8.40. The topological polar surface area (TPSA) is 126 Å². The fourth-order valence-electron chi connectivity index (χ4n) is 6.23. The lowest BCUT2D eigenvalue weighted by Gasteiger charge is -2.31. The molecule has 2 N–H and O–H groups in total. The van der Waals surface area contributed by atoms with Crippen LogP contribution in [0.5, 0.6) is 23.0 Å². The maximum absolute atomic E-state index is 14.3. The van der Waals surface area contributed by atoms with Crippen molar-refractivity contribution in [2.75, 3.05) is 65.2 Å². The number of fused-ring (bicyclic) bond motifs is 4. The van der Waals surface area contributed by atoms with Gasteiger partial charge < -0.3 is 38.8 Å². The number of hydrogen-bond acceptors (Lipinski definition) is 9. The molecule has 1 amide bonds. The number of nitrogens with zero attached hydrogens (tertiary/aromatic N) is 3. The summed E-state index contributed by atoms with van der Waals surface area (Å²) in [6.45, 7) is 0.286. The van der Waals surface area contributed by atoms with Crippen LogP contribution >= 0.6 is 23.2 Å². The Labute approximate surface area is 277 Å². The summed E-state index contributed by atoms with van der Waals surface area (Å²) in [6.07, 6.45) is -3.56. The Kier molecular flexibility index (Phi) is 9.58. The quantitative estimate of drug-likeness (QED) is 0.157. The van der Waals surface area contributed by atoms with E-state index in [0.717, 1.165) is 7.11 Å². The summed E-state index contributed by atoms with van der Waals surface area (Å²) >= 11 is 12.5. The third-order valence-corrected chi connectivity index (χ3v) is 8.89. The molecular formula is C31H31Cl2F3N4O7. The van der Waals surface area contributed by atoms with Gasteiger partial charge in [-0.1, -0.05) is 0 Å². The molecular weight excluding hydrogens is 668 g/mol. The van der Waals surface area contributed by atoms with Gasteiger partial charge in [-0.25, -0.2) is 4.79 Å². The summed E-state index contributed by atoms with van der Waals surface area (Å²) in [5.74, 6) is -2.06. The first-order valence-corrected chi connectivity index (χ1v) is 15.2. The fraction of sp³-hybridized carbons (Fsp3) is 0.387. The number of likely N-dealkylation sites (N-methyl/N-ethyl adjacent to an activating group) is 1. The highest BCUT2D eigenvalue weighted by Gasteiger charge is 2.46. The molecule has 0 unspecified atom stereocenters.